The van der Waals surface area contributed by atoms with Crippen molar-refractivity contribution in [3.63, 3.8) is 0 Å². The number of imide groups is 1. The van der Waals surface area contributed by atoms with Crippen LogP contribution in [0.15, 0.2) is 24.3 Å². The molecule has 0 spiro atoms. The average Bonchev–Trinajstić information content (AvgIpc) is 2.87. The molecule has 1 aromatic rings. The largest absolute Gasteiger partial charge is 0.486 e. The Balaban J connectivity index is 1.41. The summed E-state index contributed by atoms with van der Waals surface area (Å²) < 4.78 is 11.4. The van der Waals surface area contributed by atoms with Gasteiger partial charge in [-0.2, -0.15) is 0 Å². The summed E-state index contributed by atoms with van der Waals surface area (Å²) in [4.78, 5) is 35.4. The molecule has 2 N–H and O–H groups in total. The van der Waals surface area contributed by atoms with E-state index in [2.05, 4.69) is 10.6 Å². The first-order valence-corrected chi connectivity index (χ1v) is 7.37. The normalized spacial score (nSPS) is 19.5. The van der Waals surface area contributed by atoms with E-state index in [1.165, 1.54) is 0 Å². The van der Waals surface area contributed by atoms with Crippen molar-refractivity contribution in [3.05, 3.63) is 24.3 Å². The van der Waals surface area contributed by atoms with Crippen LogP contribution in [0.5, 0.6) is 11.5 Å². The van der Waals surface area contributed by atoms with E-state index in [4.69, 9.17) is 9.47 Å². The molecule has 8 heteroatoms. The van der Waals surface area contributed by atoms with Gasteiger partial charge in [0, 0.05) is 13.0 Å². The number of rotatable bonds is 5. The Bertz CT molecular complexity index is 617. The molecule has 0 unspecified atom stereocenters. The summed E-state index contributed by atoms with van der Waals surface area (Å²) in [5, 5.41) is 5.04. The van der Waals surface area contributed by atoms with Crippen LogP contribution in [0.2, 0.25) is 0 Å². The third-order valence-corrected chi connectivity index (χ3v) is 3.59. The molecule has 0 radical (unpaired) electrons. The fraction of sp³-hybridized carbons (Fsp3) is 0.400. The number of nitrogens with one attached hydrogen (secondary N) is 2. The first-order chi connectivity index (χ1) is 11.1. The van der Waals surface area contributed by atoms with E-state index < -0.39 is 11.9 Å². The SMILES string of the molecule is O=C(CN1C(=O)CNC1=O)NCC[C@H]1COc2ccccc2O1. The number of hydrogen-bond acceptors (Lipinski definition) is 5. The maximum atomic E-state index is 11.8. The minimum atomic E-state index is -0.536. The van der Waals surface area contributed by atoms with Crippen LogP contribution in [0, 0.1) is 0 Å². The van der Waals surface area contributed by atoms with Crippen molar-refractivity contribution in [2.45, 2.75) is 12.5 Å². The third kappa shape index (κ3) is 3.53. The van der Waals surface area contributed by atoms with Crippen LogP contribution in [-0.2, 0) is 9.59 Å². The molecule has 2 aliphatic rings. The summed E-state index contributed by atoms with van der Waals surface area (Å²) in [7, 11) is 0. The van der Waals surface area contributed by atoms with Gasteiger partial charge >= 0.3 is 6.03 Å². The predicted molar refractivity (Wildman–Crippen MR) is 79.1 cm³/mol. The van der Waals surface area contributed by atoms with Crippen molar-refractivity contribution in [1.82, 2.24) is 15.5 Å². The molecular formula is C15H17N3O5. The second kappa shape index (κ2) is 6.55. The van der Waals surface area contributed by atoms with Crippen LogP contribution in [0.1, 0.15) is 6.42 Å². The predicted octanol–water partition coefficient (Wildman–Crippen LogP) is -0.115. The Morgan fingerprint density at radius 2 is 2.09 bits per heavy atom. The van der Waals surface area contributed by atoms with Gasteiger partial charge in [0.1, 0.15) is 19.3 Å². The second-order valence-corrected chi connectivity index (χ2v) is 5.27. The minimum absolute atomic E-state index is 0.0568. The van der Waals surface area contributed by atoms with E-state index in [0.29, 0.717) is 31.1 Å². The van der Waals surface area contributed by atoms with E-state index in [1.807, 2.05) is 24.3 Å². The van der Waals surface area contributed by atoms with Gasteiger partial charge in [0.25, 0.3) is 5.91 Å². The summed E-state index contributed by atoms with van der Waals surface area (Å²) in [5.74, 6) is 0.624. The van der Waals surface area contributed by atoms with Gasteiger partial charge in [-0.15, -0.1) is 0 Å². The van der Waals surface area contributed by atoms with E-state index in [-0.39, 0.29) is 25.1 Å². The number of hydrogen-bond donors (Lipinski definition) is 2. The molecule has 0 saturated carbocycles. The molecular weight excluding hydrogens is 302 g/mol. The monoisotopic (exact) mass is 319 g/mol. The quantitative estimate of drug-likeness (QED) is 0.738. The Hall–Kier alpha value is -2.77. The number of amides is 4. The van der Waals surface area contributed by atoms with Crippen molar-refractivity contribution in [2.75, 3.05) is 26.2 Å². The molecule has 0 bridgehead atoms. The molecule has 8 nitrogen and oxygen atoms in total. The lowest BCUT2D eigenvalue weighted by molar-refractivity contribution is -0.130. The van der Waals surface area contributed by atoms with Crippen molar-refractivity contribution in [2.24, 2.45) is 0 Å². The van der Waals surface area contributed by atoms with Crippen LogP contribution in [-0.4, -0.2) is 55.1 Å². The summed E-state index contributed by atoms with van der Waals surface area (Å²) >= 11 is 0. The number of carbonyl (C=O) groups excluding carboxylic acids is 3. The highest BCUT2D eigenvalue weighted by molar-refractivity contribution is 6.04. The summed E-state index contributed by atoms with van der Waals surface area (Å²) in [6.07, 6.45) is 0.419. The zero-order valence-electron chi connectivity index (χ0n) is 12.4. The van der Waals surface area contributed by atoms with Crippen LogP contribution in [0.4, 0.5) is 4.79 Å². The smallest absolute Gasteiger partial charge is 0.325 e. The summed E-state index contributed by atoms with van der Waals surface area (Å²) in [6, 6.07) is 6.87. The molecule has 2 heterocycles. The van der Waals surface area contributed by atoms with Crippen LogP contribution in [0.3, 0.4) is 0 Å². The molecule has 1 fully saturated rings. The first kappa shape index (κ1) is 15.1. The number of nitrogens with zero attached hydrogens (tertiary/aromatic N) is 1. The van der Waals surface area contributed by atoms with Gasteiger partial charge in [-0.1, -0.05) is 12.1 Å². The minimum Gasteiger partial charge on any atom is -0.486 e. The van der Waals surface area contributed by atoms with Crippen molar-refractivity contribution >= 4 is 17.8 Å². The number of carbonyl (C=O) groups is 3. The molecule has 0 aliphatic carbocycles. The van der Waals surface area contributed by atoms with Gasteiger partial charge in [-0.25, -0.2) is 4.79 Å². The zero-order chi connectivity index (χ0) is 16.2. The molecule has 2 aliphatic heterocycles. The number of para-hydroxylation sites is 2. The standard InChI is InChI=1S/C15H17N3O5/c19-13(8-18-14(20)7-17-15(18)21)16-6-5-10-9-22-11-3-1-2-4-12(11)23-10/h1-4,10H,5-9H2,(H,16,19)(H,17,21)/t10-/m0/s1. The number of ether oxygens (including phenoxy) is 2. The molecule has 1 saturated heterocycles. The Morgan fingerprint density at radius 1 is 1.30 bits per heavy atom. The van der Waals surface area contributed by atoms with Crippen molar-refractivity contribution < 1.29 is 23.9 Å². The fourth-order valence-electron chi connectivity index (χ4n) is 2.39. The molecule has 122 valence electrons. The highest BCUT2D eigenvalue weighted by Crippen LogP contribution is 2.31. The molecule has 3 rings (SSSR count). The lowest BCUT2D eigenvalue weighted by atomic mass is 10.2. The van der Waals surface area contributed by atoms with Gasteiger partial charge in [0.15, 0.2) is 11.5 Å². The third-order valence-electron chi connectivity index (χ3n) is 3.59. The van der Waals surface area contributed by atoms with Crippen LogP contribution in [0.25, 0.3) is 0 Å². The average molecular weight is 319 g/mol. The summed E-state index contributed by atoms with van der Waals surface area (Å²) in [6.45, 7) is 0.465. The lowest BCUT2D eigenvalue weighted by Crippen LogP contribution is -2.42. The van der Waals surface area contributed by atoms with Crippen LogP contribution >= 0.6 is 0 Å². The fourth-order valence-corrected chi connectivity index (χ4v) is 2.39. The molecule has 1 atom stereocenters. The van der Waals surface area contributed by atoms with Gasteiger partial charge in [0.05, 0.1) is 6.54 Å². The molecule has 4 amide bonds. The Kier molecular flexibility index (Phi) is 4.31. The van der Waals surface area contributed by atoms with E-state index in [1.54, 1.807) is 0 Å². The van der Waals surface area contributed by atoms with Gasteiger partial charge in [0.2, 0.25) is 5.91 Å². The van der Waals surface area contributed by atoms with E-state index >= 15 is 0 Å². The van der Waals surface area contributed by atoms with Gasteiger partial charge in [-0.05, 0) is 12.1 Å². The van der Waals surface area contributed by atoms with Crippen molar-refractivity contribution in [3.8, 4) is 11.5 Å². The maximum absolute atomic E-state index is 11.8. The first-order valence-electron chi connectivity index (χ1n) is 7.37. The van der Waals surface area contributed by atoms with Crippen LogP contribution < -0.4 is 20.1 Å². The topological polar surface area (TPSA) is 97.0 Å². The van der Waals surface area contributed by atoms with Crippen molar-refractivity contribution in [1.29, 1.82) is 0 Å². The van der Waals surface area contributed by atoms with Gasteiger partial charge < -0.3 is 20.1 Å². The van der Waals surface area contributed by atoms with E-state index in [9.17, 15) is 14.4 Å². The number of fused-ring (bicyclic) bond motifs is 1. The lowest BCUT2D eigenvalue weighted by Gasteiger charge is -2.26. The Labute approximate surface area is 132 Å². The number of urea groups is 1. The second-order valence-electron chi connectivity index (χ2n) is 5.27. The maximum Gasteiger partial charge on any atom is 0.325 e. The van der Waals surface area contributed by atoms with E-state index in [0.717, 1.165) is 4.90 Å². The highest BCUT2D eigenvalue weighted by Gasteiger charge is 2.30. The highest BCUT2D eigenvalue weighted by atomic mass is 16.6. The summed E-state index contributed by atoms with van der Waals surface area (Å²) in [5.41, 5.74) is 0. The molecule has 1 aromatic carbocycles. The van der Waals surface area contributed by atoms with Gasteiger partial charge in [-0.3, -0.25) is 14.5 Å². The molecule has 23 heavy (non-hydrogen) atoms. The zero-order valence-corrected chi connectivity index (χ0v) is 12.4. The number of benzene rings is 1. The Morgan fingerprint density at radius 3 is 2.83 bits per heavy atom. The molecule has 0 aromatic heterocycles.